The number of hydrogen-bond acceptors (Lipinski definition) is 3. The Morgan fingerprint density at radius 2 is 2.35 bits per heavy atom. The molecule has 0 amide bonds. The van der Waals surface area contributed by atoms with Gasteiger partial charge >= 0.3 is 0 Å². The lowest BCUT2D eigenvalue weighted by molar-refractivity contribution is -0.0215. The van der Waals surface area contributed by atoms with Crippen molar-refractivity contribution in [3.63, 3.8) is 0 Å². The smallest absolute Gasteiger partial charge is 0.113 e. The summed E-state index contributed by atoms with van der Waals surface area (Å²) >= 11 is 0. The Hall–Kier alpha value is -0.640. The van der Waals surface area contributed by atoms with Gasteiger partial charge < -0.3 is 9.84 Å². The first-order chi connectivity index (χ1) is 9.70. The molecule has 114 valence electrons. The summed E-state index contributed by atoms with van der Waals surface area (Å²) in [5.41, 5.74) is 3.03. The topological polar surface area (TPSA) is 32.7 Å². The fourth-order valence-corrected chi connectivity index (χ4v) is 3.27. The van der Waals surface area contributed by atoms with Crippen LogP contribution in [0.4, 0.5) is 0 Å². The average Bonchev–Trinajstić information content (AvgIpc) is 2.88. The molecule has 20 heavy (non-hydrogen) atoms. The van der Waals surface area contributed by atoms with Crippen LogP contribution in [0.2, 0.25) is 0 Å². The molecular formula is C17H29NO2. The third-order valence-corrected chi connectivity index (χ3v) is 4.38. The maximum absolute atomic E-state index is 9.11. The van der Waals surface area contributed by atoms with Crippen molar-refractivity contribution in [2.75, 3.05) is 26.3 Å². The Balaban J connectivity index is 1.80. The van der Waals surface area contributed by atoms with Crippen LogP contribution in [-0.4, -0.2) is 42.5 Å². The molecule has 3 heteroatoms. The first-order valence-electron chi connectivity index (χ1n) is 7.98. The van der Waals surface area contributed by atoms with Crippen molar-refractivity contribution >= 4 is 0 Å². The molecule has 3 nitrogen and oxygen atoms in total. The number of allylic oxidation sites excluding steroid dienone is 4. The fourth-order valence-electron chi connectivity index (χ4n) is 3.27. The van der Waals surface area contributed by atoms with E-state index in [0.717, 1.165) is 26.1 Å². The molecule has 0 saturated carbocycles. The van der Waals surface area contributed by atoms with Gasteiger partial charge in [0.1, 0.15) is 6.23 Å². The molecule has 0 radical (unpaired) electrons. The third-order valence-electron chi connectivity index (χ3n) is 4.38. The summed E-state index contributed by atoms with van der Waals surface area (Å²) in [6, 6.07) is 0. The SMILES string of the molecule is CC(C)=CCCC1=CCC(C2OCCN2CCO)CC1. The molecule has 1 aliphatic carbocycles. The van der Waals surface area contributed by atoms with Crippen LogP contribution < -0.4 is 0 Å². The van der Waals surface area contributed by atoms with E-state index in [0.29, 0.717) is 5.92 Å². The molecule has 2 rings (SSSR count). The van der Waals surface area contributed by atoms with Crippen molar-refractivity contribution in [1.82, 2.24) is 4.90 Å². The molecule has 2 aliphatic rings. The number of nitrogens with zero attached hydrogens (tertiary/aromatic N) is 1. The Bertz CT molecular complexity index is 358. The Kier molecular flexibility index (Phi) is 6.27. The summed E-state index contributed by atoms with van der Waals surface area (Å²) in [5, 5.41) is 9.11. The average molecular weight is 279 g/mol. The zero-order valence-corrected chi connectivity index (χ0v) is 13.0. The van der Waals surface area contributed by atoms with Gasteiger partial charge in [-0.3, -0.25) is 4.90 Å². The predicted octanol–water partition coefficient (Wildman–Crippen LogP) is 3.11. The summed E-state index contributed by atoms with van der Waals surface area (Å²) in [4.78, 5) is 2.30. The van der Waals surface area contributed by atoms with Crippen LogP contribution in [0.25, 0.3) is 0 Å². The van der Waals surface area contributed by atoms with Gasteiger partial charge in [0.25, 0.3) is 0 Å². The van der Waals surface area contributed by atoms with Crippen molar-refractivity contribution in [3.8, 4) is 0 Å². The van der Waals surface area contributed by atoms with Crippen LogP contribution in [0, 0.1) is 5.92 Å². The number of ether oxygens (including phenoxy) is 1. The lowest BCUT2D eigenvalue weighted by Gasteiger charge is -2.32. The maximum atomic E-state index is 9.11. The quantitative estimate of drug-likeness (QED) is 0.758. The highest BCUT2D eigenvalue weighted by Gasteiger charge is 2.32. The largest absolute Gasteiger partial charge is 0.395 e. The molecule has 1 N–H and O–H groups in total. The maximum Gasteiger partial charge on any atom is 0.113 e. The second kappa shape index (κ2) is 7.96. The van der Waals surface area contributed by atoms with Crippen LogP contribution >= 0.6 is 0 Å². The van der Waals surface area contributed by atoms with E-state index in [4.69, 9.17) is 9.84 Å². The van der Waals surface area contributed by atoms with Crippen molar-refractivity contribution in [2.45, 2.75) is 52.2 Å². The highest BCUT2D eigenvalue weighted by atomic mass is 16.5. The highest BCUT2D eigenvalue weighted by Crippen LogP contribution is 2.32. The zero-order chi connectivity index (χ0) is 14.4. The van der Waals surface area contributed by atoms with E-state index in [1.165, 1.54) is 31.3 Å². The Morgan fingerprint density at radius 1 is 1.50 bits per heavy atom. The standard InChI is InChI=1S/C17H29NO2/c1-14(2)4-3-5-15-6-8-16(9-7-15)17-18(10-12-19)11-13-20-17/h4,6,16-17,19H,3,5,7-13H2,1-2H3. The molecule has 1 aliphatic heterocycles. The molecule has 2 atom stereocenters. The molecule has 1 heterocycles. The van der Waals surface area contributed by atoms with Gasteiger partial charge in [-0.15, -0.1) is 0 Å². The van der Waals surface area contributed by atoms with E-state index < -0.39 is 0 Å². The van der Waals surface area contributed by atoms with Gasteiger partial charge in [0.15, 0.2) is 0 Å². The monoisotopic (exact) mass is 279 g/mol. The normalized spacial score (nSPS) is 27.4. The van der Waals surface area contributed by atoms with Crippen molar-refractivity contribution < 1.29 is 9.84 Å². The molecule has 0 aromatic rings. The van der Waals surface area contributed by atoms with Gasteiger partial charge in [-0.1, -0.05) is 23.3 Å². The van der Waals surface area contributed by atoms with Crippen LogP contribution in [0.1, 0.15) is 46.0 Å². The zero-order valence-electron chi connectivity index (χ0n) is 13.0. The minimum atomic E-state index is 0.233. The summed E-state index contributed by atoms with van der Waals surface area (Å²) < 4.78 is 5.88. The molecule has 0 spiro atoms. The minimum absolute atomic E-state index is 0.233. The van der Waals surface area contributed by atoms with E-state index >= 15 is 0 Å². The predicted molar refractivity (Wildman–Crippen MR) is 82.5 cm³/mol. The summed E-state index contributed by atoms with van der Waals surface area (Å²) in [5.74, 6) is 0.608. The highest BCUT2D eigenvalue weighted by molar-refractivity contribution is 5.09. The van der Waals surface area contributed by atoms with E-state index in [2.05, 4.69) is 30.9 Å². The van der Waals surface area contributed by atoms with Gasteiger partial charge in [0.2, 0.25) is 0 Å². The van der Waals surface area contributed by atoms with Gasteiger partial charge in [-0.25, -0.2) is 0 Å². The molecule has 2 unspecified atom stereocenters. The van der Waals surface area contributed by atoms with Gasteiger partial charge in [-0.2, -0.15) is 0 Å². The summed E-state index contributed by atoms with van der Waals surface area (Å²) in [7, 11) is 0. The summed E-state index contributed by atoms with van der Waals surface area (Å²) in [6.45, 7) is 7.10. The molecule has 0 bridgehead atoms. The van der Waals surface area contributed by atoms with Crippen LogP contribution in [0.15, 0.2) is 23.3 Å². The Morgan fingerprint density at radius 3 is 3.00 bits per heavy atom. The van der Waals surface area contributed by atoms with Gasteiger partial charge in [0, 0.05) is 19.0 Å². The number of aliphatic hydroxyl groups is 1. The molecular weight excluding hydrogens is 250 g/mol. The first-order valence-corrected chi connectivity index (χ1v) is 7.98. The number of rotatable bonds is 6. The van der Waals surface area contributed by atoms with E-state index in [1.54, 1.807) is 5.57 Å². The molecule has 0 aromatic heterocycles. The second-order valence-corrected chi connectivity index (χ2v) is 6.24. The molecule has 1 saturated heterocycles. The lowest BCUT2D eigenvalue weighted by atomic mass is 9.86. The van der Waals surface area contributed by atoms with Crippen LogP contribution in [0.5, 0.6) is 0 Å². The van der Waals surface area contributed by atoms with E-state index in [1.807, 2.05) is 0 Å². The van der Waals surface area contributed by atoms with Crippen LogP contribution in [0.3, 0.4) is 0 Å². The lowest BCUT2D eigenvalue weighted by Crippen LogP contribution is -2.38. The first kappa shape index (κ1) is 15.7. The second-order valence-electron chi connectivity index (χ2n) is 6.24. The van der Waals surface area contributed by atoms with E-state index in [9.17, 15) is 0 Å². The van der Waals surface area contributed by atoms with E-state index in [-0.39, 0.29) is 12.8 Å². The van der Waals surface area contributed by atoms with Crippen LogP contribution in [-0.2, 0) is 4.74 Å². The third kappa shape index (κ3) is 4.44. The Labute approximate surface area is 123 Å². The van der Waals surface area contributed by atoms with Crippen molar-refractivity contribution in [2.24, 2.45) is 5.92 Å². The molecule has 1 fully saturated rings. The minimum Gasteiger partial charge on any atom is -0.395 e. The number of β-amino-alcohol motifs (C(OH)–C–C–N with tert-alkyl or cyclic N) is 1. The summed E-state index contributed by atoms with van der Waals surface area (Å²) in [6.07, 6.45) is 11.0. The van der Waals surface area contributed by atoms with Gasteiger partial charge in [0.05, 0.1) is 13.2 Å². The van der Waals surface area contributed by atoms with Gasteiger partial charge in [-0.05, 0) is 46.0 Å². The fraction of sp³-hybridized carbons (Fsp3) is 0.765. The molecule has 0 aromatic carbocycles. The number of hydrogen-bond donors (Lipinski definition) is 1. The van der Waals surface area contributed by atoms with Crippen molar-refractivity contribution in [1.29, 1.82) is 0 Å². The van der Waals surface area contributed by atoms with Crippen molar-refractivity contribution in [3.05, 3.63) is 23.3 Å². The number of aliphatic hydroxyl groups excluding tert-OH is 1.